The van der Waals surface area contributed by atoms with Crippen molar-refractivity contribution in [3.63, 3.8) is 0 Å². The number of rotatable bonds is 5. The van der Waals surface area contributed by atoms with Gasteiger partial charge in [0.1, 0.15) is 16.3 Å². The summed E-state index contributed by atoms with van der Waals surface area (Å²) in [5.41, 5.74) is 6.60. The molecule has 1 aromatic heterocycles. The van der Waals surface area contributed by atoms with E-state index in [2.05, 4.69) is 17.2 Å². The average molecular weight is 291 g/mol. The Morgan fingerprint density at radius 3 is 2.95 bits per heavy atom. The maximum Gasteiger partial charge on any atom is 0.257 e. The molecular formula is C14H17N3O2S. The predicted octanol–water partition coefficient (Wildman–Crippen LogP) is 2.23. The van der Waals surface area contributed by atoms with E-state index in [-0.39, 0.29) is 5.91 Å². The van der Waals surface area contributed by atoms with Gasteiger partial charge in [-0.1, -0.05) is 13.0 Å². The van der Waals surface area contributed by atoms with Crippen LogP contribution in [-0.4, -0.2) is 18.0 Å². The van der Waals surface area contributed by atoms with Crippen molar-refractivity contribution in [1.29, 1.82) is 0 Å². The average Bonchev–Trinajstić information content (AvgIpc) is 2.92. The summed E-state index contributed by atoms with van der Waals surface area (Å²) >= 11 is 1.60. The molecule has 0 aliphatic carbocycles. The summed E-state index contributed by atoms with van der Waals surface area (Å²) in [7, 11) is 1.51. The monoisotopic (exact) mass is 291 g/mol. The minimum Gasteiger partial charge on any atom is -0.496 e. The SMILES string of the molecule is CCc1cnc(CNC(=O)c2c(N)cccc2OC)s1. The van der Waals surface area contributed by atoms with Crippen LogP contribution in [0.5, 0.6) is 5.75 Å². The Morgan fingerprint density at radius 2 is 2.30 bits per heavy atom. The van der Waals surface area contributed by atoms with Crippen LogP contribution in [0.2, 0.25) is 0 Å². The minimum atomic E-state index is -0.256. The first-order chi connectivity index (χ1) is 9.65. The van der Waals surface area contributed by atoms with Gasteiger partial charge >= 0.3 is 0 Å². The number of aromatic nitrogens is 1. The number of benzene rings is 1. The number of amides is 1. The number of hydrogen-bond acceptors (Lipinski definition) is 5. The van der Waals surface area contributed by atoms with Crippen molar-refractivity contribution >= 4 is 22.9 Å². The lowest BCUT2D eigenvalue weighted by molar-refractivity contribution is 0.0949. The second-order valence-electron chi connectivity index (χ2n) is 4.18. The summed E-state index contributed by atoms with van der Waals surface area (Å²) in [5.74, 6) is 0.212. The number of nitrogens with zero attached hydrogens (tertiary/aromatic N) is 1. The second-order valence-corrected chi connectivity index (χ2v) is 5.38. The smallest absolute Gasteiger partial charge is 0.257 e. The number of nitrogen functional groups attached to an aromatic ring is 1. The summed E-state index contributed by atoms with van der Waals surface area (Å²) in [5, 5.41) is 3.70. The summed E-state index contributed by atoms with van der Waals surface area (Å²) < 4.78 is 5.17. The number of aryl methyl sites for hydroxylation is 1. The molecule has 0 saturated heterocycles. The van der Waals surface area contributed by atoms with Gasteiger partial charge in [0, 0.05) is 16.8 Å². The van der Waals surface area contributed by atoms with Gasteiger partial charge in [-0.3, -0.25) is 4.79 Å². The quantitative estimate of drug-likeness (QED) is 0.828. The highest BCUT2D eigenvalue weighted by molar-refractivity contribution is 7.11. The molecule has 1 heterocycles. The molecule has 0 aliphatic heterocycles. The maximum absolute atomic E-state index is 12.2. The lowest BCUT2D eigenvalue weighted by atomic mass is 10.1. The Morgan fingerprint density at radius 1 is 1.50 bits per heavy atom. The molecule has 0 spiro atoms. The van der Waals surface area contributed by atoms with Crippen LogP contribution in [0, 0.1) is 0 Å². The molecule has 106 valence electrons. The Hall–Kier alpha value is -2.08. The van der Waals surface area contributed by atoms with Gasteiger partial charge in [0.15, 0.2) is 0 Å². The third-order valence-corrected chi connectivity index (χ3v) is 4.00. The van der Waals surface area contributed by atoms with Crippen LogP contribution in [0.15, 0.2) is 24.4 Å². The number of ether oxygens (including phenoxy) is 1. The molecule has 1 amide bonds. The van der Waals surface area contributed by atoms with Gasteiger partial charge in [0.2, 0.25) is 0 Å². The fourth-order valence-electron chi connectivity index (χ4n) is 1.80. The minimum absolute atomic E-state index is 0.256. The number of thiazole rings is 1. The van der Waals surface area contributed by atoms with Crippen LogP contribution in [-0.2, 0) is 13.0 Å². The van der Waals surface area contributed by atoms with Crippen LogP contribution < -0.4 is 15.8 Å². The number of carbonyl (C=O) groups is 1. The van der Waals surface area contributed by atoms with Crippen LogP contribution in [0.4, 0.5) is 5.69 Å². The van der Waals surface area contributed by atoms with E-state index in [0.29, 0.717) is 23.5 Å². The van der Waals surface area contributed by atoms with E-state index in [4.69, 9.17) is 10.5 Å². The third kappa shape index (κ3) is 3.08. The fourth-order valence-corrected chi connectivity index (χ4v) is 2.60. The molecule has 1 aromatic carbocycles. The number of nitrogens with one attached hydrogen (secondary N) is 1. The summed E-state index contributed by atoms with van der Waals surface area (Å²) in [4.78, 5) is 17.7. The lowest BCUT2D eigenvalue weighted by Crippen LogP contribution is -2.24. The molecular weight excluding hydrogens is 274 g/mol. The Balaban J connectivity index is 2.08. The second kappa shape index (κ2) is 6.38. The summed E-state index contributed by atoms with van der Waals surface area (Å²) in [6.45, 7) is 2.46. The molecule has 0 aliphatic rings. The largest absolute Gasteiger partial charge is 0.496 e. The first-order valence-electron chi connectivity index (χ1n) is 6.30. The van der Waals surface area contributed by atoms with Crippen molar-refractivity contribution in [1.82, 2.24) is 10.3 Å². The number of anilines is 1. The van der Waals surface area contributed by atoms with E-state index in [1.807, 2.05) is 6.20 Å². The molecule has 5 nitrogen and oxygen atoms in total. The van der Waals surface area contributed by atoms with Gasteiger partial charge in [-0.15, -0.1) is 11.3 Å². The summed E-state index contributed by atoms with van der Waals surface area (Å²) in [6, 6.07) is 5.14. The Bertz CT molecular complexity index is 610. The van der Waals surface area contributed by atoms with Crippen molar-refractivity contribution in [3.8, 4) is 5.75 Å². The first kappa shape index (κ1) is 14.3. The molecule has 0 atom stereocenters. The van der Waals surface area contributed by atoms with Gasteiger partial charge in [-0.25, -0.2) is 4.98 Å². The topological polar surface area (TPSA) is 77.2 Å². The molecule has 2 rings (SSSR count). The molecule has 3 N–H and O–H groups in total. The fraction of sp³-hybridized carbons (Fsp3) is 0.286. The van der Waals surface area contributed by atoms with Crippen LogP contribution in [0.25, 0.3) is 0 Å². The van der Waals surface area contributed by atoms with E-state index in [0.717, 1.165) is 11.4 Å². The van der Waals surface area contributed by atoms with Crippen LogP contribution in [0.1, 0.15) is 27.2 Å². The molecule has 0 radical (unpaired) electrons. The molecule has 0 bridgehead atoms. The van der Waals surface area contributed by atoms with Crippen molar-refractivity contribution in [2.45, 2.75) is 19.9 Å². The maximum atomic E-state index is 12.2. The van der Waals surface area contributed by atoms with E-state index >= 15 is 0 Å². The van der Waals surface area contributed by atoms with Gasteiger partial charge in [0.25, 0.3) is 5.91 Å². The third-order valence-electron chi connectivity index (χ3n) is 2.86. The van der Waals surface area contributed by atoms with Crippen LogP contribution >= 0.6 is 11.3 Å². The lowest BCUT2D eigenvalue weighted by Gasteiger charge is -2.10. The van der Waals surface area contributed by atoms with E-state index in [1.54, 1.807) is 29.5 Å². The van der Waals surface area contributed by atoms with Gasteiger partial charge in [0.05, 0.1) is 13.7 Å². The predicted molar refractivity (Wildman–Crippen MR) is 80.1 cm³/mol. The molecule has 0 unspecified atom stereocenters. The zero-order chi connectivity index (χ0) is 14.5. The zero-order valence-electron chi connectivity index (χ0n) is 11.5. The number of carbonyl (C=O) groups excluding carboxylic acids is 1. The van der Waals surface area contributed by atoms with Crippen molar-refractivity contribution in [2.24, 2.45) is 0 Å². The summed E-state index contributed by atoms with van der Waals surface area (Å²) in [6.07, 6.45) is 2.79. The molecule has 6 heteroatoms. The van der Waals surface area contributed by atoms with Crippen molar-refractivity contribution in [3.05, 3.63) is 39.8 Å². The van der Waals surface area contributed by atoms with E-state index in [1.165, 1.54) is 12.0 Å². The normalized spacial score (nSPS) is 10.3. The highest BCUT2D eigenvalue weighted by atomic mass is 32.1. The molecule has 0 saturated carbocycles. The highest BCUT2D eigenvalue weighted by Crippen LogP contribution is 2.24. The highest BCUT2D eigenvalue weighted by Gasteiger charge is 2.15. The van der Waals surface area contributed by atoms with E-state index < -0.39 is 0 Å². The van der Waals surface area contributed by atoms with Crippen LogP contribution in [0.3, 0.4) is 0 Å². The zero-order valence-corrected chi connectivity index (χ0v) is 12.3. The van der Waals surface area contributed by atoms with Crippen molar-refractivity contribution in [2.75, 3.05) is 12.8 Å². The standard InChI is InChI=1S/C14H17N3O2S/c1-3-9-7-16-12(20-9)8-17-14(18)13-10(15)5-4-6-11(13)19-2/h4-7H,3,8,15H2,1-2H3,(H,17,18). The Kier molecular flexibility index (Phi) is 4.57. The number of methoxy groups -OCH3 is 1. The van der Waals surface area contributed by atoms with Gasteiger partial charge < -0.3 is 15.8 Å². The Labute approximate surface area is 121 Å². The number of nitrogens with two attached hydrogens (primary N) is 1. The van der Waals surface area contributed by atoms with Gasteiger partial charge in [-0.2, -0.15) is 0 Å². The molecule has 20 heavy (non-hydrogen) atoms. The number of hydrogen-bond donors (Lipinski definition) is 2. The van der Waals surface area contributed by atoms with E-state index in [9.17, 15) is 4.79 Å². The molecule has 0 fully saturated rings. The molecule has 2 aromatic rings. The van der Waals surface area contributed by atoms with Gasteiger partial charge in [-0.05, 0) is 18.6 Å². The van der Waals surface area contributed by atoms with Crippen molar-refractivity contribution < 1.29 is 9.53 Å². The first-order valence-corrected chi connectivity index (χ1v) is 7.11.